The van der Waals surface area contributed by atoms with E-state index in [9.17, 15) is 26.3 Å². The number of hydrogen-bond acceptors (Lipinski definition) is 1. The molecule has 0 saturated heterocycles. The van der Waals surface area contributed by atoms with E-state index < -0.39 is 40.7 Å². The molecule has 0 aliphatic heterocycles. The van der Waals surface area contributed by atoms with E-state index in [2.05, 4.69) is 23.2 Å². The van der Waals surface area contributed by atoms with Crippen LogP contribution in [0.25, 0.3) is 11.1 Å². The fourth-order valence-corrected chi connectivity index (χ4v) is 2.82. The number of rotatable bonds is 5. The second-order valence-electron chi connectivity index (χ2n) is 6.70. The van der Waals surface area contributed by atoms with Gasteiger partial charge in [-0.25, -0.2) is 13.2 Å². The van der Waals surface area contributed by atoms with Crippen LogP contribution in [0.2, 0.25) is 0 Å². The third kappa shape index (κ3) is 4.80. The van der Waals surface area contributed by atoms with Gasteiger partial charge in [0, 0.05) is 11.6 Å². The van der Waals surface area contributed by atoms with E-state index in [1.165, 1.54) is 12.1 Å². The average Bonchev–Trinajstić information content (AvgIpc) is 2.79. The number of alkyl halides is 2. The Balaban J connectivity index is 1.92. The van der Waals surface area contributed by atoms with Crippen molar-refractivity contribution in [1.82, 2.24) is 0 Å². The Kier molecular flexibility index (Phi) is 6.64. The summed E-state index contributed by atoms with van der Waals surface area (Å²) in [7, 11) is 0. The third-order valence-corrected chi connectivity index (χ3v) is 4.62. The smallest absolute Gasteiger partial charge is 0.419 e. The van der Waals surface area contributed by atoms with Crippen molar-refractivity contribution in [1.29, 1.82) is 0 Å². The zero-order valence-electron chi connectivity index (χ0n) is 16.8. The van der Waals surface area contributed by atoms with Crippen LogP contribution in [0.5, 0.6) is 5.75 Å². The molecule has 3 aromatic carbocycles. The van der Waals surface area contributed by atoms with Gasteiger partial charge in [-0.1, -0.05) is 49.6 Å². The molecule has 0 bridgehead atoms. The van der Waals surface area contributed by atoms with E-state index in [-0.39, 0.29) is 17.2 Å². The first-order valence-electron chi connectivity index (χ1n) is 9.44. The number of halogens is 6. The summed E-state index contributed by atoms with van der Waals surface area (Å²) in [4.78, 5) is 0. The molecular formula is C25H16F6O. The Labute approximate surface area is 181 Å². The highest BCUT2D eigenvalue weighted by molar-refractivity contribution is 5.66. The molecule has 0 fully saturated rings. The molecular weight excluding hydrogens is 430 g/mol. The van der Waals surface area contributed by atoms with Crippen molar-refractivity contribution in [2.24, 2.45) is 0 Å². The molecule has 1 nitrogen and oxygen atoms in total. The highest BCUT2D eigenvalue weighted by atomic mass is 19.3. The van der Waals surface area contributed by atoms with E-state index in [0.29, 0.717) is 5.56 Å². The van der Waals surface area contributed by atoms with Gasteiger partial charge in [-0.2, -0.15) is 13.2 Å². The standard InChI is InChI=1S/C25H16F6O/c1-3-15-5-7-16(8-6-15)19-13-11-17(21(26)23(19)28)9-10-18-12-14-20(24(29)22(18)27)32-25(30,31)4-2/h4-8,11-14H,2-3H2,1H3. The van der Waals surface area contributed by atoms with Crippen LogP contribution < -0.4 is 4.74 Å². The maximum Gasteiger partial charge on any atom is 0.419 e. The molecule has 164 valence electrons. The van der Waals surface area contributed by atoms with Crippen molar-refractivity contribution < 1.29 is 31.1 Å². The number of hydrogen-bond donors (Lipinski definition) is 0. The topological polar surface area (TPSA) is 9.23 Å². The van der Waals surface area contributed by atoms with Crippen LogP contribution in [0.1, 0.15) is 23.6 Å². The van der Waals surface area contributed by atoms with E-state index in [4.69, 9.17) is 0 Å². The molecule has 0 unspecified atom stereocenters. The molecule has 0 heterocycles. The fourth-order valence-electron chi connectivity index (χ4n) is 2.82. The second kappa shape index (κ2) is 9.23. The summed E-state index contributed by atoms with van der Waals surface area (Å²) in [5, 5.41) is 0. The van der Waals surface area contributed by atoms with Gasteiger partial charge in [-0.3, -0.25) is 0 Å². The van der Waals surface area contributed by atoms with Gasteiger partial charge in [0.1, 0.15) is 0 Å². The molecule has 3 rings (SSSR count). The first-order valence-corrected chi connectivity index (χ1v) is 9.44. The summed E-state index contributed by atoms with van der Waals surface area (Å²) >= 11 is 0. The van der Waals surface area contributed by atoms with E-state index in [0.717, 1.165) is 24.1 Å². The molecule has 0 spiro atoms. The summed E-state index contributed by atoms with van der Waals surface area (Å²) in [5.74, 6) is -2.28. The highest BCUT2D eigenvalue weighted by Gasteiger charge is 2.29. The second-order valence-corrected chi connectivity index (χ2v) is 6.70. The van der Waals surface area contributed by atoms with Crippen LogP contribution >= 0.6 is 0 Å². The SMILES string of the molecule is C=CC(F)(F)Oc1ccc(C#Cc2ccc(-c3ccc(CC)cc3)c(F)c2F)c(F)c1F. The minimum absolute atomic E-state index is 0.0255. The Hall–Kier alpha value is -3.66. The highest BCUT2D eigenvalue weighted by Crippen LogP contribution is 2.29. The molecule has 0 N–H and O–H groups in total. The maximum atomic E-state index is 14.6. The zero-order valence-corrected chi connectivity index (χ0v) is 16.8. The van der Waals surface area contributed by atoms with Crippen LogP contribution in [0, 0.1) is 35.1 Å². The lowest BCUT2D eigenvalue weighted by Crippen LogP contribution is -2.21. The predicted octanol–water partition coefficient (Wildman–Crippen LogP) is 7.03. The lowest BCUT2D eigenvalue weighted by Gasteiger charge is -2.14. The number of ether oxygens (including phenoxy) is 1. The first-order chi connectivity index (χ1) is 15.2. The Morgan fingerprint density at radius 1 is 0.812 bits per heavy atom. The van der Waals surface area contributed by atoms with E-state index >= 15 is 0 Å². The van der Waals surface area contributed by atoms with Crippen molar-refractivity contribution in [2.75, 3.05) is 0 Å². The first kappa shape index (κ1) is 23.0. The van der Waals surface area contributed by atoms with Gasteiger partial charge in [0.05, 0.1) is 11.1 Å². The van der Waals surface area contributed by atoms with Gasteiger partial charge in [0.15, 0.2) is 23.2 Å². The van der Waals surface area contributed by atoms with Gasteiger partial charge < -0.3 is 4.74 Å². The molecule has 0 aliphatic carbocycles. The molecule has 0 saturated carbocycles. The largest absolute Gasteiger partial charge is 0.426 e. The van der Waals surface area contributed by atoms with E-state index in [1.54, 1.807) is 24.3 Å². The average molecular weight is 446 g/mol. The summed E-state index contributed by atoms with van der Waals surface area (Å²) < 4.78 is 87.7. The van der Waals surface area contributed by atoms with Crippen molar-refractivity contribution in [3.8, 4) is 28.7 Å². The van der Waals surface area contributed by atoms with Crippen LogP contribution in [0.4, 0.5) is 26.3 Å². The molecule has 0 aliphatic rings. The molecule has 7 heteroatoms. The number of aryl methyl sites for hydroxylation is 1. The minimum atomic E-state index is -3.90. The van der Waals surface area contributed by atoms with Crippen molar-refractivity contribution in [3.63, 3.8) is 0 Å². The summed E-state index contributed by atoms with van der Waals surface area (Å²) in [6.07, 6.45) is -2.98. The van der Waals surface area contributed by atoms with Crippen molar-refractivity contribution in [3.05, 3.63) is 101 Å². The summed E-state index contributed by atoms with van der Waals surface area (Å²) in [6, 6.07) is 11.1. The number of benzene rings is 3. The fraction of sp³-hybridized carbons (Fsp3) is 0.120. The molecule has 0 aromatic heterocycles. The Bertz CT molecular complexity index is 1220. The molecule has 0 atom stereocenters. The molecule has 0 radical (unpaired) electrons. The molecule has 3 aromatic rings. The predicted molar refractivity (Wildman–Crippen MR) is 109 cm³/mol. The molecule has 32 heavy (non-hydrogen) atoms. The monoisotopic (exact) mass is 446 g/mol. The van der Waals surface area contributed by atoms with Crippen molar-refractivity contribution >= 4 is 0 Å². The lowest BCUT2D eigenvalue weighted by atomic mass is 10.0. The Morgan fingerprint density at radius 3 is 1.94 bits per heavy atom. The van der Waals surface area contributed by atoms with Gasteiger partial charge in [0.25, 0.3) is 0 Å². The normalized spacial score (nSPS) is 11.0. The summed E-state index contributed by atoms with van der Waals surface area (Å²) in [6.45, 7) is 4.80. The van der Waals surface area contributed by atoms with Crippen LogP contribution in [0.3, 0.4) is 0 Å². The zero-order chi connectivity index (χ0) is 23.5. The van der Waals surface area contributed by atoms with E-state index in [1.807, 2.05) is 6.92 Å². The Morgan fingerprint density at radius 2 is 1.38 bits per heavy atom. The quantitative estimate of drug-likeness (QED) is 0.232. The van der Waals surface area contributed by atoms with Gasteiger partial charge in [0.2, 0.25) is 5.82 Å². The maximum absolute atomic E-state index is 14.6. The third-order valence-electron chi connectivity index (χ3n) is 4.62. The van der Waals surface area contributed by atoms with Crippen molar-refractivity contribution in [2.45, 2.75) is 19.5 Å². The van der Waals surface area contributed by atoms with Crippen LogP contribution in [0.15, 0.2) is 61.2 Å². The minimum Gasteiger partial charge on any atom is -0.426 e. The van der Waals surface area contributed by atoms with Gasteiger partial charge in [-0.05, 0) is 41.8 Å². The van der Waals surface area contributed by atoms with Gasteiger partial charge in [-0.15, -0.1) is 0 Å². The lowest BCUT2D eigenvalue weighted by molar-refractivity contribution is -0.133. The van der Waals surface area contributed by atoms with Crippen LogP contribution in [-0.4, -0.2) is 6.11 Å². The van der Waals surface area contributed by atoms with Crippen LogP contribution in [-0.2, 0) is 6.42 Å². The summed E-state index contributed by atoms with van der Waals surface area (Å²) in [5.41, 5.74) is 0.609. The van der Waals surface area contributed by atoms with Gasteiger partial charge >= 0.3 is 6.11 Å². The molecule has 0 amide bonds.